The number of fused-ring (bicyclic) bond motifs is 1. The summed E-state index contributed by atoms with van der Waals surface area (Å²) in [5.74, 6) is -1.27. The highest BCUT2D eigenvalue weighted by Gasteiger charge is 2.45. The molecule has 0 amide bonds. The zero-order chi connectivity index (χ0) is 21.7. The monoisotopic (exact) mass is 418 g/mol. The molecule has 2 aromatic carbocycles. The van der Waals surface area contributed by atoms with Gasteiger partial charge in [-0.3, -0.25) is 4.79 Å². The van der Waals surface area contributed by atoms with Crippen LogP contribution in [0, 0.1) is 0 Å². The molecule has 1 fully saturated rings. The first-order valence-electron chi connectivity index (χ1n) is 8.89. The highest BCUT2D eigenvalue weighted by atomic mass is 16.6. The summed E-state index contributed by atoms with van der Waals surface area (Å²) in [7, 11) is 0. The Balaban J connectivity index is 1.86. The van der Waals surface area contributed by atoms with Crippen molar-refractivity contribution in [3.8, 4) is 28.6 Å². The fourth-order valence-corrected chi connectivity index (χ4v) is 3.45. The van der Waals surface area contributed by atoms with Crippen LogP contribution < -0.4 is 5.43 Å². The lowest BCUT2D eigenvalue weighted by molar-refractivity contribution is -0.284. The van der Waals surface area contributed by atoms with Gasteiger partial charge < -0.3 is 44.9 Å². The van der Waals surface area contributed by atoms with Crippen LogP contribution in [0.15, 0.2) is 45.6 Å². The van der Waals surface area contributed by atoms with Crippen molar-refractivity contribution in [3.63, 3.8) is 0 Å². The molecule has 1 aliphatic heterocycles. The van der Waals surface area contributed by atoms with Crippen LogP contribution in [0.25, 0.3) is 22.3 Å². The molecule has 30 heavy (non-hydrogen) atoms. The molecule has 10 heteroatoms. The third kappa shape index (κ3) is 3.16. The number of hydrogen-bond donors (Lipinski definition) is 7. The molecule has 3 aromatic rings. The average Bonchev–Trinajstić information content (AvgIpc) is 2.70. The maximum absolute atomic E-state index is 12.7. The highest BCUT2D eigenvalue weighted by molar-refractivity contribution is 5.88. The predicted octanol–water partition coefficient (Wildman–Crippen LogP) is 0.0492. The predicted molar refractivity (Wildman–Crippen MR) is 101 cm³/mol. The van der Waals surface area contributed by atoms with E-state index >= 15 is 0 Å². The minimum atomic E-state index is -1.91. The Morgan fingerprint density at radius 3 is 2.17 bits per heavy atom. The van der Waals surface area contributed by atoms with Crippen molar-refractivity contribution in [2.75, 3.05) is 0 Å². The van der Waals surface area contributed by atoms with Gasteiger partial charge in [0.05, 0.1) is 5.56 Å². The number of phenols is 3. The molecule has 0 saturated carbocycles. The van der Waals surface area contributed by atoms with Crippen LogP contribution in [-0.2, 0) is 4.74 Å². The van der Waals surface area contributed by atoms with E-state index in [1.807, 2.05) is 0 Å². The third-order valence-corrected chi connectivity index (χ3v) is 5.04. The molecule has 0 radical (unpaired) electrons. The first-order chi connectivity index (χ1) is 14.2. The van der Waals surface area contributed by atoms with Crippen molar-refractivity contribution in [2.45, 2.75) is 30.7 Å². The van der Waals surface area contributed by atoms with E-state index in [9.17, 15) is 40.5 Å². The van der Waals surface area contributed by atoms with Gasteiger partial charge in [0.25, 0.3) is 0 Å². The van der Waals surface area contributed by atoms with Crippen LogP contribution in [0.2, 0.25) is 0 Å². The van der Waals surface area contributed by atoms with Gasteiger partial charge in [0, 0.05) is 17.7 Å². The standard InChI is InChI=1S/C20H18O10/c21-8-3-1-7(2-4-8)11-5-9(22)13-12(29-11)6-10(23)14(15(13)24)19-17(26)16(25)18(27)20(28)30-19/h1-6,16-21,23-28H/t16-,17-,18+,19-,20+/m1/s1. The lowest BCUT2D eigenvalue weighted by atomic mass is 9.91. The molecular weight excluding hydrogens is 400 g/mol. The summed E-state index contributed by atoms with van der Waals surface area (Å²) >= 11 is 0. The van der Waals surface area contributed by atoms with Gasteiger partial charge in [0.2, 0.25) is 0 Å². The normalized spacial score (nSPS) is 26.7. The number of phenolic OH excluding ortho intramolecular Hbond substituents is 3. The summed E-state index contributed by atoms with van der Waals surface area (Å²) in [4.78, 5) is 12.7. The lowest BCUT2D eigenvalue weighted by Gasteiger charge is -2.38. The Kier molecular flexibility index (Phi) is 4.88. The Bertz CT molecular complexity index is 1150. The van der Waals surface area contributed by atoms with E-state index in [4.69, 9.17) is 9.15 Å². The molecule has 1 aromatic heterocycles. The van der Waals surface area contributed by atoms with Gasteiger partial charge >= 0.3 is 0 Å². The molecule has 4 rings (SSSR count). The molecule has 0 spiro atoms. The van der Waals surface area contributed by atoms with Gasteiger partial charge in [-0.05, 0) is 24.3 Å². The molecule has 0 bridgehead atoms. The van der Waals surface area contributed by atoms with Crippen molar-refractivity contribution in [2.24, 2.45) is 0 Å². The zero-order valence-electron chi connectivity index (χ0n) is 15.2. The summed E-state index contributed by atoms with van der Waals surface area (Å²) in [6.45, 7) is 0. The molecule has 0 unspecified atom stereocenters. The number of benzene rings is 2. The van der Waals surface area contributed by atoms with Gasteiger partial charge in [0.15, 0.2) is 11.7 Å². The zero-order valence-corrected chi connectivity index (χ0v) is 15.2. The van der Waals surface area contributed by atoms with Crippen LogP contribution in [0.4, 0.5) is 0 Å². The van der Waals surface area contributed by atoms with Gasteiger partial charge in [-0.1, -0.05) is 0 Å². The van der Waals surface area contributed by atoms with Gasteiger partial charge in [-0.2, -0.15) is 0 Å². The molecule has 10 nitrogen and oxygen atoms in total. The Hall–Kier alpha value is -3.15. The van der Waals surface area contributed by atoms with E-state index < -0.39 is 53.2 Å². The first kappa shape index (κ1) is 20.1. The summed E-state index contributed by atoms with van der Waals surface area (Å²) in [6, 6.07) is 7.92. The number of hydrogen-bond acceptors (Lipinski definition) is 10. The smallest absolute Gasteiger partial charge is 0.197 e. The van der Waals surface area contributed by atoms with Crippen LogP contribution in [0.3, 0.4) is 0 Å². The largest absolute Gasteiger partial charge is 0.508 e. The Morgan fingerprint density at radius 2 is 1.50 bits per heavy atom. The van der Waals surface area contributed by atoms with Crippen molar-refractivity contribution < 1.29 is 44.9 Å². The van der Waals surface area contributed by atoms with Crippen molar-refractivity contribution in [1.82, 2.24) is 0 Å². The van der Waals surface area contributed by atoms with Crippen molar-refractivity contribution in [3.05, 3.63) is 52.2 Å². The minimum absolute atomic E-state index is 0.0161. The molecule has 1 saturated heterocycles. The van der Waals surface area contributed by atoms with Crippen molar-refractivity contribution in [1.29, 1.82) is 0 Å². The summed E-state index contributed by atoms with van der Waals surface area (Å²) in [5.41, 5.74) is -0.842. The van der Waals surface area contributed by atoms with Gasteiger partial charge in [-0.25, -0.2) is 0 Å². The van der Waals surface area contributed by atoms with Crippen molar-refractivity contribution >= 4 is 11.0 Å². The molecule has 158 valence electrons. The second-order valence-corrected chi connectivity index (χ2v) is 6.97. The van der Waals surface area contributed by atoms with Crippen LogP contribution >= 0.6 is 0 Å². The summed E-state index contributed by atoms with van der Waals surface area (Å²) < 4.78 is 10.7. The molecular formula is C20H18O10. The number of rotatable bonds is 2. The second-order valence-electron chi connectivity index (χ2n) is 6.97. The molecule has 5 atom stereocenters. The van der Waals surface area contributed by atoms with Crippen LogP contribution in [0.1, 0.15) is 11.7 Å². The van der Waals surface area contributed by atoms with E-state index in [1.54, 1.807) is 0 Å². The quantitative estimate of drug-likeness (QED) is 0.300. The van der Waals surface area contributed by atoms with E-state index in [0.29, 0.717) is 5.56 Å². The average molecular weight is 418 g/mol. The topological polar surface area (TPSA) is 181 Å². The van der Waals surface area contributed by atoms with E-state index in [0.717, 1.165) is 12.1 Å². The SMILES string of the molecule is O=c1cc(-c2ccc(O)cc2)oc2cc(O)c([C@H]3O[C@H](O)[C@@H](O)[C@H](O)[C@H]3O)c(O)c12. The third-order valence-electron chi connectivity index (χ3n) is 5.04. The fraction of sp³-hybridized carbons (Fsp3) is 0.250. The fourth-order valence-electron chi connectivity index (χ4n) is 3.45. The number of ether oxygens (including phenoxy) is 1. The van der Waals surface area contributed by atoms with Gasteiger partial charge in [0.1, 0.15) is 58.4 Å². The summed E-state index contributed by atoms with van der Waals surface area (Å²) in [6.07, 6.45) is -9.00. The first-order valence-corrected chi connectivity index (χ1v) is 8.89. The second kappa shape index (κ2) is 7.27. The summed E-state index contributed by atoms with van der Waals surface area (Å²) in [5, 5.41) is 69.5. The van der Waals surface area contributed by atoms with E-state index in [2.05, 4.69) is 0 Å². The van der Waals surface area contributed by atoms with Crippen LogP contribution in [0.5, 0.6) is 17.2 Å². The number of aliphatic hydroxyl groups excluding tert-OH is 4. The minimum Gasteiger partial charge on any atom is -0.508 e. The Labute approximate surface area is 168 Å². The maximum Gasteiger partial charge on any atom is 0.197 e. The maximum atomic E-state index is 12.7. The van der Waals surface area contributed by atoms with E-state index in [1.165, 1.54) is 24.3 Å². The van der Waals surface area contributed by atoms with Gasteiger partial charge in [-0.15, -0.1) is 0 Å². The Morgan fingerprint density at radius 1 is 0.833 bits per heavy atom. The molecule has 1 aliphatic rings. The lowest BCUT2D eigenvalue weighted by Crippen LogP contribution is -2.54. The molecule has 7 N–H and O–H groups in total. The number of aromatic hydroxyl groups is 3. The van der Waals surface area contributed by atoms with E-state index in [-0.39, 0.29) is 22.5 Å². The highest BCUT2D eigenvalue weighted by Crippen LogP contribution is 2.44. The number of aliphatic hydroxyl groups is 4. The van der Waals surface area contributed by atoms with Crippen LogP contribution in [-0.4, -0.2) is 60.3 Å². The molecule has 0 aliphatic carbocycles. The molecule has 2 heterocycles.